The van der Waals surface area contributed by atoms with Crippen LogP contribution < -0.4 is 15.4 Å². The molecule has 1 aromatic carbocycles. The van der Waals surface area contributed by atoms with Gasteiger partial charge in [-0.3, -0.25) is 0 Å². The van der Waals surface area contributed by atoms with Crippen molar-refractivity contribution in [3.63, 3.8) is 0 Å². The maximum Gasteiger partial charge on any atom is 0.343 e. The number of nitrogens with two attached hydrogens (primary N) is 1. The summed E-state index contributed by atoms with van der Waals surface area (Å²) in [7, 11) is 0. The number of carbonyl (C=O) groups excluding carboxylic acids is 1. The van der Waals surface area contributed by atoms with Crippen LogP contribution in [0.4, 0.5) is 10.7 Å². The van der Waals surface area contributed by atoms with Crippen LogP contribution in [0.2, 0.25) is 5.02 Å². The van der Waals surface area contributed by atoms with Crippen LogP contribution in [0.1, 0.15) is 30.7 Å². The minimum Gasteiger partial charge on any atom is -0.490 e. The summed E-state index contributed by atoms with van der Waals surface area (Å²) in [4.78, 5) is 20.4. The number of hydrogen-bond donors (Lipinski definition) is 2. The molecule has 0 aliphatic heterocycles. The minimum atomic E-state index is -1.42. The number of para-hydroxylation sites is 1. The smallest absolute Gasteiger partial charge is 0.343 e. The van der Waals surface area contributed by atoms with Crippen LogP contribution in [0.15, 0.2) is 42.6 Å². The third kappa shape index (κ3) is 3.33. The molecule has 3 N–H and O–H groups in total. The van der Waals surface area contributed by atoms with E-state index in [4.69, 9.17) is 17.3 Å². The Morgan fingerprint density at radius 1 is 1.25 bits per heavy atom. The Hall–Kier alpha value is -3.63. The highest BCUT2D eigenvalue weighted by Crippen LogP contribution is 2.39. The predicted octanol–water partition coefficient (Wildman–Crippen LogP) is 1.02. The predicted molar refractivity (Wildman–Crippen MR) is 112 cm³/mol. The molecule has 162 valence electrons. The number of aromatic nitrogens is 6. The zero-order valence-electron chi connectivity index (χ0n) is 16.8. The maximum atomic E-state index is 11.9. The summed E-state index contributed by atoms with van der Waals surface area (Å²) in [5.41, 5.74) is 6.77. The van der Waals surface area contributed by atoms with Crippen molar-refractivity contribution in [2.75, 3.05) is 5.73 Å². The molecule has 11 heteroatoms. The van der Waals surface area contributed by atoms with Crippen molar-refractivity contribution in [1.29, 1.82) is 0 Å². The van der Waals surface area contributed by atoms with E-state index in [1.165, 1.54) is 4.68 Å². The molecule has 0 bridgehead atoms. The molecule has 10 nitrogen and oxygen atoms in total. The second-order valence-corrected chi connectivity index (χ2v) is 8.16. The molecule has 0 unspecified atom stereocenters. The van der Waals surface area contributed by atoms with Gasteiger partial charge in [-0.1, -0.05) is 28.9 Å². The number of halogens is 1. The summed E-state index contributed by atoms with van der Waals surface area (Å²) in [6, 6.07) is 10.2. The molecule has 4 aromatic rings. The Morgan fingerprint density at radius 2 is 2.03 bits per heavy atom. The monoisotopic (exact) mass is 451 g/mol. The lowest BCUT2D eigenvalue weighted by molar-refractivity contribution is -0.653. The normalized spacial score (nSPS) is 14.9. The average Bonchev–Trinajstić information content (AvgIpc) is 3.20. The molecule has 3 aromatic heterocycles. The van der Waals surface area contributed by atoms with Crippen molar-refractivity contribution in [3.8, 4) is 11.4 Å². The molecule has 0 saturated heterocycles. The van der Waals surface area contributed by atoms with E-state index in [2.05, 4.69) is 20.3 Å². The summed E-state index contributed by atoms with van der Waals surface area (Å²) in [5.74, 6) is 0.0476. The highest BCUT2D eigenvalue weighted by Gasteiger charge is 2.44. The Labute approximate surface area is 186 Å². The van der Waals surface area contributed by atoms with Gasteiger partial charge in [-0.15, -0.1) is 9.67 Å². The van der Waals surface area contributed by atoms with Gasteiger partial charge in [0.25, 0.3) is 0 Å². The van der Waals surface area contributed by atoms with E-state index in [-0.39, 0.29) is 12.5 Å². The first-order valence-electron chi connectivity index (χ1n) is 9.96. The fourth-order valence-corrected chi connectivity index (χ4v) is 4.22. The van der Waals surface area contributed by atoms with Gasteiger partial charge in [0.15, 0.2) is 0 Å². The molecule has 1 aliphatic rings. The topological polar surface area (TPSA) is 147 Å². The Bertz CT molecular complexity index is 1370. The summed E-state index contributed by atoms with van der Waals surface area (Å²) in [5, 5.41) is 32.0. The van der Waals surface area contributed by atoms with Crippen molar-refractivity contribution >= 4 is 34.5 Å². The lowest BCUT2D eigenvalue weighted by Gasteiger charge is -2.34. The van der Waals surface area contributed by atoms with Crippen molar-refractivity contribution in [1.82, 2.24) is 25.0 Å². The highest BCUT2D eigenvalue weighted by atomic mass is 35.5. The summed E-state index contributed by atoms with van der Waals surface area (Å²) >= 11 is 6.24. The average molecular weight is 452 g/mol. The number of pyridine rings is 1. The van der Waals surface area contributed by atoms with E-state index in [0.717, 1.165) is 11.0 Å². The number of aliphatic hydroxyl groups is 1. The number of hydrogen-bond acceptors (Lipinski definition) is 8. The van der Waals surface area contributed by atoms with Gasteiger partial charge in [0, 0.05) is 17.5 Å². The number of nitrogen functional groups attached to an aromatic ring is 1. The third-order valence-corrected chi connectivity index (χ3v) is 6.02. The number of rotatable bonds is 4. The fourth-order valence-electron chi connectivity index (χ4n) is 4.00. The zero-order chi connectivity index (χ0) is 22.5. The van der Waals surface area contributed by atoms with Crippen LogP contribution in [-0.2, 0) is 12.1 Å². The number of nitrogens with zero attached hydrogens (tertiary/aromatic N) is 6. The van der Waals surface area contributed by atoms with Crippen LogP contribution in [0, 0.1) is 0 Å². The SMILES string of the molecule is Nc1nc(-c2cn(Cc3cccc(C4(O)CCC4)[n+]3C(=O)[O-])nn2)c2cccc(Cl)c2n1. The van der Waals surface area contributed by atoms with Gasteiger partial charge in [-0.2, -0.15) is 0 Å². The van der Waals surface area contributed by atoms with Gasteiger partial charge in [0.05, 0.1) is 16.7 Å². The minimum absolute atomic E-state index is 0.0476. The molecular weight excluding hydrogens is 434 g/mol. The molecule has 0 radical (unpaired) electrons. The van der Waals surface area contributed by atoms with Crippen LogP contribution in [0.5, 0.6) is 0 Å². The van der Waals surface area contributed by atoms with Crippen molar-refractivity contribution in [3.05, 3.63) is 59.0 Å². The first kappa shape index (κ1) is 20.3. The largest absolute Gasteiger partial charge is 0.490 e. The standard InChI is InChI=1S/C21H18ClN7O3/c22-14-6-2-5-13-17(14)24-19(23)25-18(13)15-11-28(27-26-15)10-12-4-1-7-16(29(12)20(30)31)21(32)8-3-9-21/h1-2,4-7,11,32H,3,8-10H2,(H2-,23,24,25,30,31). The number of benzene rings is 1. The van der Waals surface area contributed by atoms with Gasteiger partial charge >= 0.3 is 6.09 Å². The van der Waals surface area contributed by atoms with E-state index in [1.807, 2.05) is 6.07 Å². The van der Waals surface area contributed by atoms with E-state index < -0.39 is 11.7 Å². The second-order valence-electron chi connectivity index (χ2n) is 7.76. The van der Waals surface area contributed by atoms with Gasteiger partial charge in [-0.25, -0.2) is 14.6 Å². The van der Waals surface area contributed by atoms with Crippen molar-refractivity contribution < 1.29 is 19.6 Å². The first-order chi connectivity index (χ1) is 15.4. The highest BCUT2D eigenvalue weighted by molar-refractivity contribution is 6.35. The Balaban J connectivity index is 1.54. The van der Waals surface area contributed by atoms with Crippen LogP contribution in [0.25, 0.3) is 22.3 Å². The summed E-state index contributed by atoms with van der Waals surface area (Å²) in [6.45, 7) is 0.0875. The Kier molecular flexibility index (Phi) is 4.75. The van der Waals surface area contributed by atoms with Crippen LogP contribution in [0.3, 0.4) is 0 Å². The summed E-state index contributed by atoms with van der Waals surface area (Å²) in [6.07, 6.45) is 2.05. The molecular formula is C21H18ClN7O3. The molecule has 3 heterocycles. The van der Waals surface area contributed by atoms with E-state index in [0.29, 0.717) is 51.5 Å². The third-order valence-electron chi connectivity index (χ3n) is 5.71. The second kappa shape index (κ2) is 7.50. The molecule has 1 saturated carbocycles. The number of carbonyl (C=O) groups is 1. The van der Waals surface area contributed by atoms with Crippen molar-refractivity contribution in [2.45, 2.75) is 31.4 Å². The fraction of sp³-hybridized carbons (Fsp3) is 0.238. The Morgan fingerprint density at radius 3 is 2.75 bits per heavy atom. The lowest BCUT2D eigenvalue weighted by atomic mass is 9.77. The summed E-state index contributed by atoms with van der Waals surface area (Å²) < 4.78 is 2.49. The molecule has 1 fully saturated rings. The molecule has 1 aliphatic carbocycles. The maximum absolute atomic E-state index is 11.9. The molecule has 0 spiro atoms. The lowest BCUT2D eigenvalue weighted by Crippen LogP contribution is -2.61. The first-order valence-corrected chi connectivity index (χ1v) is 10.3. The zero-order valence-corrected chi connectivity index (χ0v) is 17.5. The molecule has 0 amide bonds. The van der Waals surface area contributed by atoms with Crippen LogP contribution >= 0.6 is 11.6 Å². The number of carboxylic acid groups (broad SMARTS) is 1. The van der Waals surface area contributed by atoms with E-state index in [9.17, 15) is 15.0 Å². The number of fused-ring (bicyclic) bond motifs is 1. The van der Waals surface area contributed by atoms with Gasteiger partial charge < -0.3 is 20.7 Å². The number of anilines is 1. The van der Waals surface area contributed by atoms with Crippen molar-refractivity contribution in [2.24, 2.45) is 0 Å². The van der Waals surface area contributed by atoms with E-state index >= 15 is 0 Å². The quantitative estimate of drug-likeness (QED) is 0.437. The van der Waals surface area contributed by atoms with Crippen LogP contribution in [-0.4, -0.2) is 36.2 Å². The molecule has 5 rings (SSSR count). The van der Waals surface area contributed by atoms with Gasteiger partial charge in [0.2, 0.25) is 17.3 Å². The van der Waals surface area contributed by atoms with E-state index in [1.54, 1.807) is 36.5 Å². The molecule has 0 atom stereocenters. The molecule has 32 heavy (non-hydrogen) atoms. The van der Waals surface area contributed by atoms with Gasteiger partial charge in [-0.05, 0) is 31.4 Å². The van der Waals surface area contributed by atoms with Gasteiger partial charge in [0.1, 0.15) is 23.5 Å².